The number of benzene rings is 5. The van der Waals surface area contributed by atoms with Gasteiger partial charge in [0.1, 0.15) is 12.0 Å². The van der Waals surface area contributed by atoms with Gasteiger partial charge in [-0.2, -0.15) is 0 Å². The summed E-state index contributed by atoms with van der Waals surface area (Å²) in [6.45, 7) is 16.4. The molecule has 0 radical (unpaired) electrons. The van der Waals surface area contributed by atoms with Crippen molar-refractivity contribution in [2.75, 3.05) is 16.8 Å². The number of aliphatic imine (C=N–C) groups is 1. The fourth-order valence-electron chi connectivity index (χ4n) is 9.97. The maximum absolute atomic E-state index is 5.32. The molecule has 3 atom stereocenters. The van der Waals surface area contributed by atoms with E-state index in [-0.39, 0.29) is 6.17 Å². The molecule has 5 aromatic carbocycles. The Hall–Kier alpha value is -7.08. The summed E-state index contributed by atoms with van der Waals surface area (Å²) in [5.74, 6) is 1.85. The summed E-state index contributed by atoms with van der Waals surface area (Å²) in [5.41, 5.74) is 17.2. The van der Waals surface area contributed by atoms with Gasteiger partial charge in [0.25, 0.3) is 0 Å². The van der Waals surface area contributed by atoms with Crippen molar-refractivity contribution in [3.05, 3.63) is 263 Å². The minimum atomic E-state index is -0.0404. The van der Waals surface area contributed by atoms with Crippen LogP contribution in [0.5, 0.6) is 0 Å². The molecular weight excluding hydrogens is 833 g/mol. The molecule has 5 aromatic rings. The van der Waals surface area contributed by atoms with Crippen LogP contribution in [0.4, 0.5) is 17.1 Å². The van der Waals surface area contributed by atoms with Gasteiger partial charge in [-0.1, -0.05) is 182 Å². The molecule has 0 saturated heterocycles. The quantitative estimate of drug-likeness (QED) is 0.114. The second-order valence-corrected chi connectivity index (χ2v) is 18.8. The van der Waals surface area contributed by atoms with Gasteiger partial charge in [-0.3, -0.25) is 0 Å². The second-order valence-electron chi connectivity index (χ2n) is 17.7. The molecule has 3 unspecified atom stereocenters. The van der Waals surface area contributed by atoms with E-state index in [1.165, 1.54) is 55.8 Å². The first-order valence-electron chi connectivity index (χ1n) is 23.5. The minimum absolute atomic E-state index is 0.0404. The van der Waals surface area contributed by atoms with Crippen molar-refractivity contribution in [2.24, 2.45) is 10.9 Å². The third-order valence-corrected chi connectivity index (χ3v) is 14.2. The summed E-state index contributed by atoms with van der Waals surface area (Å²) in [6.07, 6.45) is 27.7. The highest BCUT2D eigenvalue weighted by atomic mass is 32.2. The Labute approximate surface area is 403 Å². The van der Waals surface area contributed by atoms with E-state index in [9.17, 15) is 0 Å². The molecule has 0 N–H and O–H groups in total. The Balaban J connectivity index is 0.000000214. The summed E-state index contributed by atoms with van der Waals surface area (Å²) in [5, 5.41) is 0. The molecule has 10 rings (SSSR count). The van der Waals surface area contributed by atoms with Gasteiger partial charge < -0.3 is 14.7 Å². The number of nitrogens with zero attached hydrogens (tertiary/aromatic N) is 4. The Bertz CT molecular complexity index is 2960. The molecule has 3 aliphatic heterocycles. The monoisotopic (exact) mass is 892 g/mol. The molecule has 2 aliphatic carbocycles. The highest BCUT2D eigenvalue weighted by molar-refractivity contribution is 8.03. The lowest BCUT2D eigenvalue weighted by Gasteiger charge is -2.42. The van der Waals surface area contributed by atoms with E-state index in [1.54, 1.807) is 17.3 Å². The molecule has 0 bridgehead atoms. The first-order chi connectivity index (χ1) is 32.8. The number of allylic oxidation sites excluding steroid dienone is 14. The van der Waals surface area contributed by atoms with Crippen LogP contribution < -0.4 is 9.80 Å². The van der Waals surface area contributed by atoms with Gasteiger partial charge in [0.2, 0.25) is 0 Å². The molecule has 334 valence electrons. The number of anilines is 3. The summed E-state index contributed by atoms with van der Waals surface area (Å²) < 4.78 is 0. The van der Waals surface area contributed by atoms with Crippen molar-refractivity contribution in [2.45, 2.75) is 63.9 Å². The maximum atomic E-state index is 5.32. The number of aryl methyl sites for hydroxylation is 1. The van der Waals surface area contributed by atoms with Crippen LogP contribution in [0.3, 0.4) is 0 Å². The minimum Gasteiger partial charge on any atom is -0.335 e. The Kier molecular flexibility index (Phi) is 13.6. The molecule has 5 aliphatic rings. The number of amidine groups is 1. The van der Waals surface area contributed by atoms with Crippen LogP contribution in [0.25, 0.3) is 11.3 Å². The van der Waals surface area contributed by atoms with E-state index >= 15 is 0 Å². The smallest absolute Gasteiger partial charge is 0.138 e. The second kappa shape index (κ2) is 20.2. The molecule has 0 saturated carbocycles. The van der Waals surface area contributed by atoms with Gasteiger partial charge in [-0.15, -0.1) is 0 Å². The number of para-hydroxylation sites is 2. The number of hydrogen-bond donors (Lipinski definition) is 0. The zero-order valence-electron chi connectivity index (χ0n) is 39.4. The fourth-order valence-corrected chi connectivity index (χ4v) is 11.2. The zero-order valence-corrected chi connectivity index (χ0v) is 40.3. The summed E-state index contributed by atoms with van der Waals surface area (Å²) in [6, 6.07) is 45.5. The van der Waals surface area contributed by atoms with Crippen molar-refractivity contribution in [3.63, 3.8) is 0 Å². The number of thioether (sulfide) groups is 1. The number of hydrogen-bond acceptors (Lipinski definition) is 5. The zero-order chi connectivity index (χ0) is 46.4. The van der Waals surface area contributed by atoms with E-state index in [2.05, 4.69) is 225 Å². The third-order valence-electron chi connectivity index (χ3n) is 13.1. The molecule has 67 heavy (non-hydrogen) atoms. The van der Waals surface area contributed by atoms with Crippen molar-refractivity contribution in [3.8, 4) is 0 Å². The van der Waals surface area contributed by atoms with Gasteiger partial charge in [-0.25, -0.2) is 4.99 Å². The predicted octanol–water partition coefficient (Wildman–Crippen LogP) is 16.3. The average molecular weight is 893 g/mol. The molecule has 0 aromatic heterocycles. The normalized spacial score (nSPS) is 20.9. The Morgan fingerprint density at radius 3 is 2.30 bits per heavy atom. The van der Waals surface area contributed by atoms with Gasteiger partial charge in [-0.05, 0) is 124 Å². The van der Waals surface area contributed by atoms with Crippen LogP contribution in [0.2, 0.25) is 0 Å². The van der Waals surface area contributed by atoms with E-state index in [0.717, 1.165) is 52.2 Å². The van der Waals surface area contributed by atoms with Crippen LogP contribution in [-0.4, -0.2) is 23.9 Å². The lowest BCUT2D eigenvalue weighted by Crippen LogP contribution is -2.49. The van der Waals surface area contributed by atoms with Crippen LogP contribution in [0, 0.1) is 12.8 Å². The predicted molar refractivity (Wildman–Crippen MR) is 289 cm³/mol. The summed E-state index contributed by atoms with van der Waals surface area (Å²) in [7, 11) is 2.19. The van der Waals surface area contributed by atoms with Gasteiger partial charge >= 0.3 is 0 Å². The average Bonchev–Trinajstić information content (AvgIpc) is 3.48. The highest BCUT2D eigenvalue weighted by Gasteiger charge is 2.45. The molecule has 0 amide bonds. The Morgan fingerprint density at radius 1 is 0.821 bits per heavy atom. The topological polar surface area (TPSA) is 22.1 Å². The molecule has 0 spiro atoms. The van der Waals surface area contributed by atoms with E-state index in [1.807, 2.05) is 32.1 Å². The molecule has 5 heteroatoms. The molecule has 3 heterocycles. The fraction of sp³-hybridized carbons (Fsp3) is 0.177. The largest absolute Gasteiger partial charge is 0.335 e. The SMILES string of the molecule is C=C(C)/C=C1/Sc2ccccc2N(c2ccccc2)/C1=C/C.C=C/C(=C\C=C/C)c1ccc(C2=NC(c3ccccc3)=CC(N3C4=CC=C5CC=CCCC5C4c4ccc(C)cc43)N2C)cc1. The molecular formula is C62H60N4S. The first-order valence-corrected chi connectivity index (χ1v) is 24.4. The van der Waals surface area contributed by atoms with E-state index in [4.69, 9.17) is 4.99 Å². The van der Waals surface area contributed by atoms with Crippen LogP contribution in [-0.2, 0) is 0 Å². The third kappa shape index (κ3) is 9.22. The van der Waals surface area contributed by atoms with Gasteiger partial charge in [0.15, 0.2) is 0 Å². The molecule has 4 nitrogen and oxygen atoms in total. The van der Waals surface area contributed by atoms with Gasteiger partial charge in [0.05, 0.1) is 17.1 Å². The Morgan fingerprint density at radius 2 is 1.57 bits per heavy atom. The summed E-state index contributed by atoms with van der Waals surface area (Å²) in [4.78, 5) is 15.1. The van der Waals surface area contributed by atoms with Crippen LogP contribution in [0.15, 0.2) is 245 Å². The standard InChI is InChI=1S/C42H41N3.C20H19NS/c1-5-7-14-30(6-2)31-20-22-34(23-21-31)42-43-37(33-16-11-8-12-17-33)28-40(44(42)4)45-38-26-24-32-15-10-9-13-18-35(32)41(38)36-25-19-29(3)27-39(36)45;1-4-17-20(14-15(2)3)22-19-13-9-8-12-18(19)21(17)16-10-6-5-7-11-16/h5-12,14,16-17,19-28,35,40-41H,2,13,15,18H2,1,3-4H3;4-14H,2H2,1,3H3/b7-5-,30-14+;17-4+,20-14+. The number of rotatable bonds is 8. The van der Waals surface area contributed by atoms with E-state index < -0.39 is 0 Å². The van der Waals surface area contributed by atoms with Crippen molar-refractivity contribution in [1.82, 2.24) is 4.90 Å². The maximum Gasteiger partial charge on any atom is 0.138 e. The highest BCUT2D eigenvalue weighted by Crippen LogP contribution is 2.55. The van der Waals surface area contributed by atoms with Crippen LogP contribution in [0.1, 0.15) is 73.8 Å². The van der Waals surface area contributed by atoms with Crippen molar-refractivity contribution in [1.29, 1.82) is 0 Å². The first kappa shape index (κ1) is 45.1. The molecule has 0 fully saturated rings. The number of likely N-dealkylation sites (N-methyl/N-ethyl adjacent to an activating group) is 1. The lowest BCUT2D eigenvalue weighted by molar-refractivity contribution is 0.409. The summed E-state index contributed by atoms with van der Waals surface area (Å²) >= 11 is 1.81. The number of fused-ring (bicyclic) bond motifs is 6. The lowest BCUT2D eigenvalue weighted by atomic mass is 9.75. The van der Waals surface area contributed by atoms with Gasteiger partial charge in [0, 0.05) is 51.0 Å². The van der Waals surface area contributed by atoms with Crippen LogP contribution >= 0.6 is 11.8 Å². The van der Waals surface area contributed by atoms with Crippen molar-refractivity contribution >= 4 is 45.9 Å². The van der Waals surface area contributed by atoms with E-state index in [0.29, 0.717) is 11.8 Å². The van der Waals surface area contributed by atoms with Crippen molar-refractivity contribution < 1.29 is 0 Å².